The number of aromatic nitrogens is 1. The molecule has 0 spiro atoms. The second-order valence-electron chi connectivity index (χ2n) is 2.82. The molecule has 0 radical (unpaired) electrons. The van der Waals surface area contributed by atoms with E-state index in [1.54, 1.807) is 0 Å². The molecule has 0 unspecified atom stereocenters. The maximum Gasteiger partial charge on any atom is 0.0139 e. The van der Waals surface area contributed by atoms with Crippen molar-refractivity contribution in [1.29, 1.82) is 0 Å². The Balaban J connectivity index is 2.90. The highest BCUT2D eigenvalue weighted by Crippen LogP contribution is 2.35. The Bertz CT molecular complexity index is 171. The van der Waals surface area contributed by atoms with E-state index in [0.29, 0.717) is 0 Å². The van der Waals surface area contributed by atoms with Crippen LogP contribution in [0.5, 0.6) is 0 Å². The number of hydrogen-bond acceptors (Lipinski definition) is 0. The first-order valence-electron chi connectivity index (χ1n) is 2.92. The molecular formula is C7H13NS. The van der Waals surface area contributed by atoms with Crippen LogP contribution in [0.3, 0.4) is 0 Å². The zero-order valence-electron chi connectivity index (χ0n) is 6.16. The van der Waals surface area contributed by atoms with Gasteiger partial charge in [0.05, 0.1) is 0 Å². The van der Waals surface area contributed by atoms with Gasteiger partial charge < -0.3 is 3.97 Å². The van der Waals surface area contributed by atoms with Crippen LogP contribution in [0.4, 0.5) is 0 Å². The van der Waals surface area contributed by atoms with Crippen LogP contribution >= 0.6 is 10.2 Å². The molecule has 9 heavy (non-hydrogen) atoms. The molecule has 0 saturated carbocycles. The van der Waals surface area contributed by atoms with E-state index < -0.39 is 10.2 Å². The van der Waals surface area contributed by atoms with Crippen molar-refractivity contribution >= 4 is 10.2 Å². The van der Waals surface area contributed by atoms with E-state index in [1.165, 1.54) is 0 Å². The highest BCUT2D eigenvalue weighted by molar-refractivity contribution is 8.30. The normalized spacial score (nSPS) is 13.7. The summed E-state index contributed by atoms with van der Waals surface area (Å²) in [6.07, 6.45) is 11.1. The average Bonchev–Trinajstić information content (AvgIpc) is 2.08. The van der Waals surface area contributed by atoms with Crippen molar-refractivity contribution < 1.29 is 0 Å². The second-order valence-corrected chi connectivity index (χ2v) is 6.78. The Kier molecular flexibility index (Phi) is 1.58. The molecule has 0 aliphatic heterocycles. The van der Waals surface area contributed by atoms with Crippen LogP contribution in [0, 0.1) is 0 Å². The van der Waals surface area contributed by atoms with Gasteiger partial charge in [0.25, 0.3) is 0 Å². The standard InChI is InChI=1S/C7H13NS/c1-9(2,3)8-6-4-5-7-8/h4-7H,1-3H3. The van der Waals surface area contributed by atoms with Crippen LogP contribution in [0.1, 0.15) is 0 Å². The van der Waals surface area contributed by atoms with Crippen molar-refractivity contribution in [3.8, 4) is 0 Å². The molecule has 0 saturated heterocycles. The molecular weight excluding hydrogens is 130 g/mol. The lowest BCUT2D eigenvalue weighted by atomic mass is 10.7. The van der Waals surface area contributed by atoms with Crippen LogP contribution in [-0.2, 0) is 0 Å². The van der Waals surface area contributed by atoms with E-state index in [9.17, 15) is 0 Å². The van der Waals surface area contributed by atoms with Crippen LogP contribution in [0.25, 0.3) is 0 Å². The minimum atomic E-state index is -0.543. The lowest BCUT2D eigenvalue weighted by molar-refractivity contribution is 1.26. The largest absolute Gasteiger partial charge is 0.318 e. The number of nitrogens with zero attached hydrogens (tertiary/aromatic N) is 1. The SMILES string of the molecule is CS(C)(C)n1cccc1. The summed E-state index contributed by atoms with van der Waals surface area (Å²) in [5, 5.41) is 0. The van der Waals surface area contributed by atoms with Crippen molar-refractivity contribution in [1.82, 2.24) is 3.97 Å². The summed E-state index contributed by atoms with van der Waals surface area (Å²) < 4.78 is 2.27. The third kappa shape index (κ3) is 1.52. The molecule has 0 N–H and O–H groups in total. The fraction of sp³-hybridized carbons (Fsp3) is 0.429. The summed E-state index contributed by atoms with van der Waals surface area (Å²) in [7, 11) is -0.543. The summed E-state index contributed by atoms with van der Waals surface area (Å²) in [5.74, 6) is 0. The Morgan fingerprint density at radius 3 is 1.67 bits per heavy atom. The van der Waals surface area contributed by atoms with Crippen LogP contribution < -0.4 is 0 Å². The van der Waals surface area contributed by atoms with E-state index >= 15 is 0 Å². The molecule has 0 atom stereocenters. The molecule has 0 amide bonds. The fourth-order valence-electron chi connectivity index (χ4n) is 0.684. The fourth-order valence-corrected chi connectivity index (χ4v) is 1.55. The lowest BCUT2D eigenvalue weighted by Crippen LogP contribution is -2.01. The molecule has 1 aromatic heterocycles. The molecule has 0 fully saturated rings. The molecule has 0 aliphatic carbocycles. The van der Waals surface area contributed by atoms with E-state index in [-0.39, 0.29) is 0 Å². The molecule has 0 aromatic carbocycles. The third-order valence-corrected chi connectivity index (χ3v) is 2.72. The minimum absolute atomic E-state index is 0.543. The van der Waals surface area contributed by atoms with Gasteiger partial charge >= 0.3 is 0 Å². The minimum Gasteiger partial charge on any atom is -0.318 e. The predicted molar refractivity (Wildman–Crippen MR) is 45.2 cm³/mol. The monoisotopic (exact) mass is 143 g/mol. The van der Waals surface area contributed by atoms with Gasteiger partial charge in [-0.05, 0) is 30.9 Å². The highest BCUT2D eigenvalue weighted by Gasteiger charge is 2.02. The molecule has 2 heteroatoms. The first-order valence-corrected chi connectivity index (χ1v) is 5.74. The zero-order chi connectivity index (χ0) is 6.91. The molecule has 0 aliphatic rings. The summed E-state index contributed by atoms with van der Waals surface area (Å²) in [6, 6.07) is 4.14. The van der Waals surface area contributed by atoms with Crippen LogP contribution in [-0.4, -0.2) is 22.7 Å². The van der Waals surface area contributed by atoms with Gasteiger partial charge in [-0.1, -0.05) is 0 Å². The third-order valence-electron chi connectivity index (χ3n) is 1.21. The van der Waals surface area contributed by atoms with Gasteiger partial charge in [-0.15, -0.1) is 0 Å². The highest BCUT2D eigenvalue weighted by atomic mass is 32.3. The van der Waals surface area contributed by atoms with Gasteiger partial charge in [-0.3, -0.25) is 0 Å². The van der Waals surface area contributed by atoms with E-state index in [1.807, 2.05) is 0 Å². The van der Waals surface area contributed by atoms with Crippen molar-refractivity contribution in [3.05, 3.63) is 24.5 Å². The Hall–Kier alpha value is -0.370. The zero-order valence-corrected chi connectivity index (χ0v) is 6.98. The second kappa shape index (κ2) is 2.10. The van der Waals surface area contributed by atoms with Crippen molar-refractivity contribution in [3.63, 3.8) is 0 Å². The van der Waals surface area contributed by atoms with Crippen LogP contribution in [0.15, 0.2) is 24.5 Å². The summed E-state index contributed by atoms with van der Waals surface area (Å²) in [5.41, 5.74) is 0. The molecule has 1 heterocycles. The van der Waals surface area contributed by atoms with E-state index in [4.69, 9.17) is 0 Å². The van der Waals surface area contributed by atoms with Gasteiger partial charge in [0.15, 0.2) is 0 Å². The summed E-state index contributed by atoms with van der Waals surface area (Å²) in [6.45, 7) is 0. The smallest absolute Gasteiger partial charge is 0.0139 e. The molecule has 1 rings (SSSR count). The Morgan fingerprint density at radius 2 is 1.44 bits per heavy atom. The van der Waals surface area contributed by atoms with Gasteiger partial charge in [0.1, 0.15) is 0 Å². The van der Waals surface area contributed by atoms with Crippen molar-refractivity contribution in [2.75, 3.05) is 18.8 Å². The average molecular weight is 143 g/mol. The molecule has 0 bridgehead atoms. The maximum atomic E-state index is 2.27. The maximum absolute atomic E-state index is 2.27. The summed E-state index contributed by atoms with van der Waals surface area (Å²) in [4.78, 5) is 0. The quantitative estimate of drug-likeness (QED) is 0.566. The first kappa shape index (κ1) is 6.75. The Morgan fingerprint density at radius 1 is 1.00 bits per heavy atom. The lowest BCUT2D eigenvalue weighted by Gasteiger charge is -2.27. The number of rotatable bonds is 1. The first-order chi connectivity index (χ1) is 4.11. The molecule has 1 nitrogen and oxygen atoms in total. The van der Waals surface area contributed by atoms with E-state index in [2.05, 4.69) is 47.3 Å². The molecule has 1 aromatic rings. The summed E-state index contributed by atoms with van der Waals surface area (Å²) >= 11 is 0. The predicted octanol–water partition coefficient (Wildman–Crippen LogP) is 1.95. The Labute approximate surface area is 58.1 Å². The number of hydrogen-bond donors (Lipinski definition) is 0. The van der Waals surface area contributed by atoms with E-state index in [0.717, 1.165) is 0 Å². The van der Waals surface area contributed by atoms with Gasteiger partial charge in [-0.2, -0.15) is 10.2 Å². The molecule has 52 valence electrons. The van der Waals surface area contributed by atoms with Crippen molar-refractivity contribution in [2.45, 2.75) is 0 Å². The van der Waals surface area contributed by atoms with Gasteiger partial charge in [-0.25, -0.2) is 0 Å². The topological polar surface area (TPSA) is 4.93 Å². The van der Waals surface area contributed by atoms with Gasteiger partial charge in [0, 0.05) is 12.4 Å². The van der Waals surface area contributed by atoms with Crippen LogP contribution in [0.2, 0.25) is 0 Å². The van der Waals surface area contributed by atoms with Gasteiger partial charge in [0.2, 0.25) is 0 Å². The van der Waals surface area contributed by atoms with Crippen molar-refractivity contribution in [2.24, 2.45) is 0 Å².